The molecule has 0 bridgehead atoms. The van der Waals surface area contributed by atoms with E-state index >= 15 is 0 Å². The molecule has 158 valence electrons. The van der Waals surface area contributed by atoms with Crippen molar-refractivity contribution in [3.8, 4) is 0 Å². The number of hydrogen-bond donors (Lipinski definition) is 4. The van der Waals surface area contributed by atoms with Crippen LogP contribution < -0.4 is 21.3 Å². The SMILES string of the molecule is CCNC(=O)C(C)(C)CN=C(NCC)NCC(C)(C)NC(=O)OC(C)(C)C. The maximum Gasteiger partial charge on any atom is 0.408 e. The number of ether oxygens (including phenoxy) is 1. The number of hydrogen-bond acceptors (Lipinski definition) is 4. The quantitative estimate of drug-likeness (QED) is 0.378. The van der Waals surface area contributed by atoms with Crippen molar-refractivity contribution in [2.45, 2.75) is 73.5 Å². The fourth-order valence-electron chi connectivity index (χ4n) is 2.02. The largest absolute Gasteiger partial charge is 0.444 e. The number of rotatable bonds is 8. The van der Waals surface area contributed by atoms with Crippen molar-refractivity contribution in [3.05, 3.63) is 0 Å². The summed E-state index contributed by atoms with van der Waals surface area (Å²) in [4.78, 5) is 28.6. The van der Waals surface area contributed by atoms with Gasteiger partial charge in [-0.05, 0) is 62.3 Å². The average Bonchev–Trinajstić information content (AvgIpc) is 2.47. The third-order valence-electron chi connectivity index (χ3n) is 3.47. The highest BCUT2D eigenvalue weighted by Gasteiger charge is 2.28. The van der Waals surface area contributed by atoms with Crippen LogP contribution in [-0.2, 0) is 9.53 Å². The van der Waals surface area contributed by atoms with Crippen LogP contribution in [-0.4, -0.2) is 55.3 Å². The first kappa shape index (κ1) is 25.0. The molecule has 0 aliphatic carbocycles. The van der Waals surface area contributed by atoms with Gasteiger partial charge in [-0.3, -0.25) is 9.79 Å². The molecule has 0 atom stereocenters. The average molecular weight is 386 g/mol. The monoisotopic (exact) mass is 385 g/mol. The molecule has 4 N–H and O–H groups in total. The molecule has 0 fully saturated rings. The van der Waals surface area contributed by atoms with Gasteiger partial charge in [0, 0.05) is 19.6 Å². The van der Waals surface area contributed by atoms with E-state index in [1.807, 2.05) is 62.3 Å². The standard InChI is InChI=1S/C19H39N5O3/c1-10-20-14(25)18(6,7)12-22-15(21-11-2)23-13-19(8,9)24-16(26)27-17(3,4)5/h10-13H2,1-9H3,(H,20,25)(H,24,26)(H2,21,22,23). The van der Waals surface area contributed by atoms with E-state index in [-0.39, 0.29) is 5.91 Å². The van der Waals surface area contributed by atoms with Crippen molar-refractivity contribution in [1.29, 1.82) is 0 Å². The Kier molecular flexibility index (Phi) is 9.61. The van der Waals surface area contributed by atoms with Crippen LogP contribution in [0.5, 0.6) is 0 Å². The molecule has 0 spiro atoms. The molecular weight excluding hydrogens is 346 g/mol. The summed E-state index contributed by atoms with van der Waals surface area (Å²) in [5.41, 5.74) is -1.70. The molecule has 0 saturated heterocycles. The van der Waals surface area contributed by atoms with Crippen LogP contribution in [0.25, 0.3) is 0 Å². The van der Waals surface area contributed by atoms with Crippen LogP contribution in [0, 0.1) is 5.41 Å². The number of nitrogens with one attached hydrogen (secondary N) is 4. The van der Waals surface area contributed by atoms with Gasteiger partial charge in [0.25, 0.3) is 0 Å². The Morgan fingerprint density at radius 1 is 0.889 bits per heavy atom. The van der Waals surface area contributed by atoms with Gasteiger partial charge in [0.15, 0.2) is 5.96 Å². The molecule has 0 aromatic carbocycles. The second-order valence-electron chi connectivity index (χ2n) is 8.80. The van der Waals surface area contributed by atoms with Crippen molar-refractivity contribution >= 4 is 18.0 Å². The number of carbonyl (C=O) groups excluding carboxylic acids is 2. The highest BCUT2D eigenvalue weighted by molar-refractivity contribution is 5.83. The summed E-state index contributed by atoms with van der Waals surface area (Å²) in [6, 6.07) is 0. The summed E-state index contributed by atoms with van der Waals surface area (Å²) in [6.45, 7) is 18.9. The molecule has 0 radical (unpaired) electrons. The van der Waals surface area contributed by atoms with Crippen LogP contribution in [0.1, 0.15) is 62.3 Å². The van der Waals surface area contributed by atoms with Crippen LogP contribution in [0.4, 0.5) is 4.79 Å². The highest BCUT2D eigenvalue weighted by atomic mass is 16.6. The van der Waals surface area contributed by atoms with Gasteiger partial charge in [-0.25, -0.2) is 4.79 Å². The van der Waals surface area contributed by atoms with Gasteiger partial charge in [0.05, 0.1) is 17.5 Å². The van der Waals surface area contributed by atoms with Crippen molar-refractivity contribution in [1.82, 2.24) is 21.3 Å². The van der Waals surface area contributed by atoms with E-state index in [2.05, 4.69) is 26.3 Å². The summed E-state index contributed by atoms with van der Waals surface area (Å²) in [7, 11) is 0. The maximum atomic E-state index is 12.1. The Morgan fingerprint density at radius 3 is 1.93 bits per heavy atom. The molecule has 0 aliphatic rings. The van der Waals surface area contributed by atoms with Crippen molar-refractivity contribution in [2.24, 2.45) is 10.4 Å². The Bertz CT molecular complexity index is 522. The number of alkyl carbamates (subject to hydrolysis) is 1. The smallest absolute Gasteiger partial charge is 0.408 e. The minimum Gasteiger partial charge on any atom is -0.444 e. The third kappa shape index (κ3) is 11.4. The Morgan fingerprint density at radius 2 is 1.44 bits per heavy atom. The summed E-state index contributed by atoms with van der Waals surface area (Å²) >= 11 is 0. The lowest BCUT2D eigenvalue weighted by molar-refractivity contribution is -0.128. The lowest BCUT2D eigenvalue weighted by Crippen LogP contribution is -2.54. The third-order valence-corrected chi connectivity index (χ3v) is 3.47. The molecule has 0 aromatic rings. The van der Waals surface area contributed by atoms with Gasteiger partial charge in [-0.1, -0.05) is 0 Å². The zero-order valence-corrected chi connectivity index (χ0v) is 18.5. The molecular formula is C19H39N5O3. The number of carbonyl (C=O) groups is 2. The van der Waals surface area contributed by atoms with Crippen molar-refractivity contribution in [3.63, 3.8) is 0 Å². The first-order valence-corrected chi connectivity index (χ1v) is 9.54. The lowest BCUT2D eigenvalue weighted by atomic mass is 9.92. The Balaban J connectivity index is 4.85. The van der Waals surface area contributed by atoms with Crippen molar-refractivity contribution < 1.29 is 14.3 Å². The topological polar surface area (TPSA) is 104 Å². The highest BCUT2D eigenvalue weighted by Crippen LogP contribution is 2.15. The predicted octanol–water partition coefficient (Wildman–Crippen LogP) is 2.01. The molecule has 0 aliphatic heterocycles. The second-order valence-corrected chi connectivity index (χ2v) is 8.80. The van der Waals surface area contributed by atoms with E-state index < -0.39 is 22.6 Å². The summed E-state index contributed by atoms with van der Waals surface area (Å²) < 4.78 is 5.30. The molecule has 0 heterocycles. The second kappa shape index (κ2) is 10.4. The zero-order valence-electron chi connectivity index (χ0n) is 18.5. The minimum atomic E-state index is -0.608. The number of guanidine groups is 1. The van der Waals surface area contributed by atoms with E-state index in [0.29, 0.717) is 32.1 Å². The number of nitrogens with zero attached hydrogens (tertiary/aromatic N) is 1. The summed E-state index contributed by atoms with van der Waals surface area (Å²) in [5.74, 6) is 0.561. The Hall–Kier alpha value is -1.99. The van der Waals surface area contributed by atoms with E-state index in [4.69, 9.17) is 4.74 Å². The minimum absolute atomic E-state index is 0.0310. The number of amides is 2. The van der Waals surface area contributed by atoms with E-state index in [1.165, 1.54) is 0 Å². The molecule has 8 nitrogen and oxygen atoms in total. The fourth-order valence-corrected chi connectivity index (χ4v) is 2.02. The molecule has 0 rings (SSSR count). The van der Waals surface area contributed by atoms with Gasteiger partial charge in [0.1, 0.15) is 5.60 Å². The van der Waals surface area contributed by atoms with Gasteiger partial charge in [-0.2, -0.15) is 0 Å². The first-order chi connectivity index (χ1) is 12.2. The van der Waals surface area contributed by atoms with Crippen LogP contribution in [0.2, 0.25) is 0 Å². The zero-order chi connectivity index (χ0) is 21.3. The van der Waals surface area contributed by atoms with Crippen LogP contribution in [0.3, 0.4) is 0 Å². The normalized spacial score (nSPS) is 13.0. The van der Waals surface area contributed by atoms with Gasteiger partial charge < -0.3 is 26.0 Å². The molecule has 8 heteroatoms. The van der Waals surface area contributed by atoms with E-state index in [9.17, 15) is 9.59 Å². The van der Waals surface area contributed by atoms with Crippen LogP contribution in [0.15, 0.2) is 4.99 Å². The van der Waals surface area contributed by atoms with E-state index in [1.54, 1.807) is 0 Å². The Labute approximate surface area is 164 Å². The van der Waals surface area contributed by atoms with Crippen molar-refractivity contribution in [2.75, 3.05) is 26.2 Å². The van der Waals surface area contributed by atoms with E-state index in [0.717, 1.165) is 0 Å². The molecule has 27 heavy (non-hydrogen) atoms. The van der Waals surface area contributed by atoms with Gasteiger partial charge in [0.2, 0.25) is 5.91 Å². The predicted molar refractivity (Wildman–Crippen MR) is 110 cm³/mol. The summed E-state index contributed by atoms with van der Waals surface area (Å²) in [5, 5.41) is 12.0. The van der Waals surface area contributed by atoms with Gasteiger partial charge >= 0.3 is 6.09 Å². The first-order valence-electron chi connectivity index (χ1n) is 9.54. The lowest BCUT2D eigenvalue weighted by Gasteiger charge is -2.29. The number of aliphatic imine (C=N–C) groups is 1. The maximum absolute atomic E-state index is 12.1. The molecule has 0 aromatic heterocycles. The van der Waals surface area contributed by atoms with Gasteiger partial charge in [-0.15, -0.1) is 0 Å². The van der Waals surface area contributed by atoms with Crippen LogP contribution >= 0.6 is 0 Å². The molecule has 0 unspecified atom stereocenters. The fraction of sp³-hybridized carbons (Fsp3) is 0.842. The molecule has 0 saturated carbocycles. The summed E-state index contributed by atoms with van der Waals surface area (Å²) in [6.07, 6.45) is -0.464. The molecule has 2 amide bonds.